The number of amides is 2. The van der Waals surface area contributed by atoms with E-state index >= 15 is 0 Å². The Bertz CT molecular complexity index is 1060. The molecular formula is C24H28N4O5. The number of oxazole rings is 1. The standard InChI is InChI=1S/C24H28N4O5/c1-3-31-18-8-10-19(11-9-18)32-16(2)22(29)26-27-23(30)17-12-14-28(15-13-17)24-25-20-6-4-5-7-21(20)33-24/h4-11,16-17H,3,12-15H2,1-2H3,(H,26,29)(H,27,30). The highest BCUT2D eigenvalue weighted by atomic mass is 16.5. The lowest BCUT2D eigenvalue weighted by molar-refractivity contribution is -0.134. The molecule has 9 heteroatoms. The second kappa shape index (κ2) is 10.2. The van der Waals surface area contributed by atoms with Gasteiger partial charge in [0.15, 0.2) is 11.7 Å². The van der Waals surface area contributed by atoms with Crippen molar-refractivity contribution in [2.24, 2.45) is 5.92 Å². The third-order valence-corrected chi connectivity index (χ3v) is 5.54. The van der Waals surface area contributed by atoms with Gasteiger partial charge in [0.25, 0.3) is 11.9 Å². The van der Waals surface area contributed by atoms with Gasteiger partial charge in [-0.15, -0.1) is 0 Å². The highest BCUT2D eigenvalue weighted by Crippen LogP contribution is 2.26. The van der Waals surface area contributed by atoms with E-state index in [9.17, 15) is 9.59 Å². The van der Waals surface area contributed by atoms with Gasteiger partial charge in [-0.25, -0.2) is 0 Å². The van der Waals surface area contributed by atoms with E-state index < -0.39 is 12.0 Å². The molecule has 4 rings (SSSR count). The number of rotatable bonds is 7. The van der Waals surface area contributed by atoms with E-state index in [-0.39, 0.29) is 11.8 Å². The van der Waals surface area contributed by atoms with Gasteiger partial charge in [0.2, 0.25) is 5.91 Å². The van der Waals surface area contributed by atoms with Crippen molar-refractivity contribution in [3.63, 3.8) is 0 Å². The van der Waals surface area contributed by atoms with Crippen molar-refractivity contribution in [3.8, 4) is 11.5 Å². The van der Waals surface area contributed by atoms with Crippen molar-refractivity contribution in [2.75, 3.05) is 24.6 Å². The Morgan fingerprint density at radius 2 is 1.79 bits per heavy atom. The van der Waals surface area contributed by atoms with E-state index in [0.29, 0.717) is 44.3 Å². The number of nitrogens with one attached hydrogen (secondary N) is 2. The molecule has 0 aliphatic carbocycles. The third-order valence-electron chi connectivity index (χ3n) is 5.54. The van der Waals surface area contributed by atoms with Crippen LogP contribution < -0.4 is 25.2 Å². The predicted molar refractivity (Wildman–Crippen MR) is 123 cm³/mol. The fourth-order valence-electron chi connectivity index (χ4n) is 3.69. The van der Waals surface area contributed by atoms with Crippen molar-refractivity contribution >= 4 is 28.9 Å². The average molecular weight is 453 g/mol. The first kappa shape index (κ1) is 22.4. The molecule has 1 aliphatic rings. The molecule has 1 atom stereocenters. The third kappa shape index (κ3) is 5.54. The number of hydrazine groups is 1. The molecule has 0 radical (unpaired) electrons. The van der Waals surface area contributed by atoms with Gasteiger partial charge in [0.05, 0.1) is 6.61 Å². The molecule has 1 saturated heterocycles. The lowest BCUT2D eigenvalue weighted by Crippen LogP contribution is -2.50. The molecule has 174 valence electrons. The predicted octanol–water partition coefficient (Wildman–Crippen LogP) is 3.06. The highest BCUT2D eigenvalue weighted by molar-refractivity contribution is 5.85. The van der Waals surface area contributed by atoms with Gasteiger partial charge in [0, 0.05) is 19.0 Å². The Kier molecular flexibility index (Phi) is 6.97. The molecule has 2 aromatic carbocycles. The zero-order valence-corrected chi connectivity index (χ0v) is 18.7. The fraction of sp³-hybridized carbons (Fsp3) is 0.375. The molecular weight excluding hydrogens is 424 g/mol. The average Bonchev–Trinajstić information content (AvgIpc) is 3.28. The van der Waals surface area contributed by atoms with Crippen molar-refractivity contribution in [2.45, 2.75) is 32.8 Å². The quantitative estimate of drug-likeness (QED) is 0.531. The van der Waals surface area contributed by atoms with Crippen LogP contribution >= 0.6 is 0 Å². The Balaban J connectivity index is 1.21. The number of hydrogen-bond donors (Lipinski definition) is 2. The smallest absolute Gasteiger partial charge is 0.298 e. The Hall–Kier alpha value is -3.75. The molecule has 0 bridgehead atoms. The highest BCUT2D eigenvalue weighted by Gasteiger charge is 2.28. The number of anilines is 1. The zero-order valence-electron chi connectivity index (χ0n) is 18.7. The molecule has 1 aliphatic heterocycles. The maximum Gasteiger partial charge on any atom is 0.298 e. The molecule has 9 nitrogen and oxygen atoms in total. The van der Waals surface area contributed by atoms with Crippen LogP contribution in [0.1, 0.15) is 26.7 Å². The number of hydrogen-bond acceptors (Lipinski definition) is 7. The minimum Gasteiger partial charge on any atom is -0.494 e. The maximum absolute atomic E-state index is 12.5. The first-order valence-corrected chi connectivity index (χ1v) is 11.1. The van der Waals surface area contributed by atoms with Crippen LogP contribution in [-0.4, -0.2) is 42.6 Å². The van der Waals surface area contributed by atoms with Crippen molar-refractivity contribution in [1.29, 1.82) is 0 Å². The number of benzene rings is 2. The molecule has 2 amide bonds. The van der Waals surface area contributed by atoms with Crippen LogP contribution in [0, 0.1) is 5.92 Å². The molecule has 1 aromatic heterocycles. The molecule has 33 heavy (non-hydrogen) atoms. The van der Waals surface area contributed by atoms with E-state index in [1.807, 2.05) is 36.1 Å². The number of carbonyl (C=O) groups excluding carboxylic acids is 2. The van der Waals surface area contributed by atoms with Crippen molar-refractivity contribution in [3.05, 3.63) is 48.5 Å². The zero-order chi connectivity index (χ0) is 23.2. The van der Waals surface area contributed by atoms with Crippen LogP contribution in [-0.2, 0) is 9.59 Å². The van der Waals surface area contributed by atoms with Gasteiger partial charge in [-0.2, -0.15) is 4.98 Å². The van der Waals surface area contributed by atoms with Crippen LogP contribution in [0.25, 0.3) is 11.1 Å². The lowest BCUT2D eigenvalue weighted by atomic mass is 9.96. The number of carbonyl (C=O) groups is 2. The number of piperidine rings is 1. The van der Waals surface area contributed by atoms with Crippen LogP contribution in [0.5, 0.6) is 11.5 Å². The Labute approximate surface area is 192 Å². The monoisotopic (exact) mass is 452 g/mol. The topological polar surface area (TPSA) is 106 Å². The number of para-hydroxylation sites is 2. The number of fused-ring (bicyclic) bond motifs is 1. The summed E-state index contributed by atoms with van der Waals surface area (Å²) in [5.74, 6) is 0.429. The molecule has 1 fully saturated rings. The second-order valence-electron chi connectivity index (χ2n) is 7.87. The number of nitrogens with zero attached hydrogens (tertiary/aromatic N) is 2. The lowest BCUT2D eigenvalue weighted by Gasteiger charge is -2.30. The van der Waals surface area contributed by atoms with Crippen LogP contribution in [0.2, 0.25) is 0 Å². The summed E-state index contributed by atoms with van der Waals surface area (Å²) >= 11 is 0. The second-order valence-corrected chi connectivity index (χ2v) is 7.87. The molecule has 2 N–H and O–H groups in total. The summed E-state index contributed by atoms with van der Waals surface area (Å²) in [7, 11) is 0. The van der Waals surface area contributed by atoms with E-state index in [2.05, 4.69) is 15.8 Å². The van der Waals surface area contributed by atoms with Gasteiger partial charge in [-0.3, -0.25) is 20.4 Å². The minimum atomic E-state index is -0.774. The number of ether oxygens (including phenoxy) is 2. The first-order chi connectivity index (χ1) is 16.0. The van der Waals surface area contributed by atoms with Crippen LogP contribution in [0.3, 0.4) is 0 Å². The molecule has 1 unspecified atom stereocenters. The van der Waals surface area contributed by atoms with E-state index in [1.165, 1.54) is 0 Å². The van der Waals surface area contributed by atoms with Crippen molar-refractivity contribution < 1.29 is 23.5 Å². The molecule has 0 saturated carbocycles. The Morgan fingerprint density at radius 1 is 1.09 bits per heavy atom. The van der Waals surface area contributed by atoms with Gasteiger partial charge in [-0.1, -0.05) is 12.1 Å². The van der Waals surface area contributed by atoms with Gasteiger partial charge >= 0.3 is 0 Å². The first-order valence-electron chi connectivity index (χ1n) is 11.1. The number of aromatic nitrogens is 1. The summed E-state index contributed by atoms with van der Waals surface area (Å²) in [4.78, 5) is 31.4. The van der Waals surface area contributed by atoms with Gasteiger partial charge in [0.1, 0.15) is 17.0 Å². The normalized spacial score (nSPS) is 15.2. The summed E-state index contributed by atoms with van der Waals surface area (Å²) in [6.07, 6.45) is 0.501. The largest absolute Gasteiger partial charge is 0.494 e. The maximum atomic E-state index is 12.5. The van der Waals surface area contributed by atoms with Gasteiger partial charge < -0.3 is 18.8 Å². The molecule has 0 spiro atoms. The van der Waals surface area contributed by atoms with E-state index in [1.54, 1.807) is 31.2 Å². The fourth-order valence-corrected chi connectivity index (χ4v) is 3.69. The SMILES string of the molecule is CCOc1ccc(OC(C)C(=O)NNC(=O)C2CCN(c3nc4ccccc4o3)CC2)cc1. The molecule has 3 aromatic rings. The van der Waals surface area contributed by atoms with Crippen LogP contribution in [0.4, 0.5) is 6.01 Å². The van der Waals surface area contributed by atoms with Crippen molar-refractivity contribution in [1.82, 2.24) is 15.8 Å². The summed E-state index contributed by atoms with van der Waals surface area (Å²) in [6, 6.07) is 15.2. The summed E-state index contributed by atoms with van der Waals surface area (Å²) in [5, 5.41) is 0. The van der Waals surface area contributed by atoms with E-state index in [4.69, 9.17) is 13.9 Å². The summed E-state index contributed by atoms with van der Waals surface area (Å²) in [6.45, 7) is 5.41. The van der Waals surface area contributed by atoms with E-state index in [0.717, 1.165) is 16.8 Å². The van der Waals surface area contributed by atoms with Crippen LogP contribution in [0.15, 0.2) is 52.9 Å². The minimum absolute atomic E-state index is 0.201. The molecule has 2 heterocycles. The summed E-state index contributed by atoms with van der Waals surface area (Å²) in [5.41, 5.74) is 6.55. The Morgan fingerprint density at radius 3 is 2.48 bits per heavy atom. The van der Waals surface area contributed by atoms with Gasteiger partial charge in [-0.05, 0) is 63.1 Å². The summed E-state index contributed by atoms with van der Waals surface area (Å²) < 4.78 is 16.8.